The lowest BCUT2D eigenvalue weighted by Crippen LogP contribution is -2.51. The van der Waals surface area contributed by atoms with Crippen LogP contribution in [-0.2, 0) is 9.53 Å². The monoisotopic (exact) mass is 344 g/mol. The number of carbonyl (C=O) groups is 1. The predicted molar refractivity (Wildman–Crippen MR) is 91.0 cm³/mol. The molecule has 4 nitrogen and oxygen atoms in total. The molecule has 0 saturated carbocycles. The molecular formula is C17H26ClFN2O2. The topological polar surface area (TPSA) is 55.6 Å². The van der Waals surface area contributed by atoms with Gasteiger partial charge in [-0.2, -0.15) is 0 Å². The molecule has 1 aliphatic heterocycles. The number of nitrogens with two attached hydrogens (primary N) is 1. The van der Waals surface area contributed by atoms with E-state index in [-0.39, 0.29) is 30.2 Å². The second kappa shape index (κ2) is 8.62. The summed E-state index contributed by atoms with van der Waals surface area (Å²) in [6, 6.07) is 6.26. The molecule has 1 unspecified atom stereocenters. The van der Waals surface area contributed by atoms with Crippen LogP contribution >= 0.6 is 12.4 Å². The molecule has 1 aromatic rings. The number of benzene rings is 1. The molecule has 130 valence electrons. The Labute approximate surface area is 143 Å². The van der Waals surface area contributed by atoms with Gasteiger partial charge >= 0.3 is 0 Å². The second-order valence-electron chi connectivity index (χ2n) is 5.85. The quantitative estimate of drug-likeness (QED) is 0.893. The fraction of sp³-hybridized carbons (Fsp3) is 0.588. The molecule has 0 aromatic heterocycles. The van der Waals surface area contributed by atoms with Crippen LogP contribution in [0.25, 0.3) is 0 Å². The van der Waals surface area contributed by atoms with E-state index >= 15 is 0 Å². The van der Waals surface area contributed by atoms with E-state index in [1.54, 1.807) is 12.1 Å². The van der Waals surface area contributed by atoms with E-state index in [0.29, 0.717) is 26.2 Å². The van der Waals surface area contributed by atoms with E-state index < -0.39 is 5.41 Å². The van der Waals surface area contributed by atoms with Crippen molar-refractivity contribution < 1.29 is 13.9 Å². The van der Waals surface area contributed by atoms with Crippen molar-refractivity contribution >= 4 is 18.3 Å². The molecule has 23 heavy (non-hydrogen) atoms. The number of hydrogen-bond acceptors (Lipinski definition) is 3. The van der Waals surface area contributed by atoms with Gasteiger partial charge in [0, 0.05) is 13.1 Å². The summed E-state index contributed by atoms with van der Waals surface area (Å²) in [5.41, 5.74) is 6.29. The molecule has 1 aliphatic rings. The first kappa shape index (κ1) is 19.9. The number of amides is 1. The molecule has 0 aliphatic carbocycles. The fourth-order valence-corrected chi connectivity index (χ4v) is 2.98. The zero-order chi connectivity index (χ0) is 16.2. The van der Waals surface area contributed by atoms with Gasteiger partial charge in [-0.05, 0) is 30.5 Å². The van der Waals surface area contributed by atoms with Gasteiger partial charge in [0.25, 0.3) is 0 Å². The Morgan fingerprint density at radius 1 is 1.35 bits per heavy atom. The Hall–Kier alpha value is -1.17. The van der Waals surface area contributed by atoms with Gasteiger partial charge in [-0.3, -0.25) is 4.79 Å². The van der Waals surface area contributed by atoms with Crippen LogP contribution in [0.15, 0.2) is 24.3 Å². The Morgan fingerprint density at radius 2 is 1.96 bits per heavy atom. The normalized spacial score (nSPS) is 18.4. The molecule has 1 heterocycles. The van der Waals surface area contributed by atoms with E-state index in [9.17, 15) is 9.18 Å². The average Bonchev–Trinajstić information content (AvgIpc) is 2.57. The zero-order valence-electron chi connectivity index (χ0n) is 13.8. The van der Waals surface area contributed by atoms with E-state index in [1.807, 2.05) is 18.7 Å². The highest BCUT2D eigenvalue weighted by Crippen LogP contribution is 2.31. The third-order valence-corrected chi connectivity index (χ3v) is 4.79. The van der Waals surface area contributed by atoms with Crippen LogP contribution in [-0.4, -0.2) is 37.0 Å². The van der Waals surface area contributed by atoms with Crippen molar-refractivity contribution in [2.75, 3.05) is 26.2 Å². The predicted octanol–water partition coefficient (Wildman–Crippen LogP) is 2.91. The molecule has 0 radical (unpaired) electrons. The fourth-order valence-electron chi connectivity index (χ4n) is 2.98. The average molecular weight is 345 g/mol. The molecule has 6 heteroatoms. The van der Waals surface area contributed by atoms with Crippen LogP contribution in [0.2, 0.25) is 0 Å². The molecule has 1 saturated heterocycles. The van der Waals surface area contributed by atoms with Crippen molar-refractivity contribution in [3.05, 3.63) is 35.6 Å². The number of rotatable bonds is 5. The number of ether oxygens (including phenoxy) is 1. The maximum Gasteiger partial charge on any atom is 0.230 e. The highest BCUT2D eigenvalue weighted by Gasteiger charge is 2.38. The largest absolute Gasteiger partial charge is 0.370 e. The van der Waals surface area contributed by atoms with Crippen LogP contribution in [0.1, 0.15) is 38.4 Å². The minimum atomic E-state index is -0.481. The van der Waals surface area contributed by atoms with Crippen molar-refractivity contribution in [2.45, 2.75) is 32.8 Å². The molecule has 1 atom stereocenters. The number of nitrogens with zero attached hydrogens (tertiary/aromatic N) is 1. The van der Waals surface area contributed by atoms with Crippen LogP contribution < -0.4 is 5.73 Å². The summed E-state index contributed by atoms with van der Waals surface area (Å²) in [6.07, 6.45) is 1.26. The van der Waals surface area contributed by atoms with Gasteiger partial charge in [0.2, 0.25) is 5.91 Å². The second-order valence-corrected chi connectivity index (χ2v) is 5.85. The lowest BCUT2D eigenvalue weighted by atomic mass is 9.80. The lowest BCUT2D eigenvalue weighted by Gasteiger charge is -2.39. The first-order valence-electron chi connectivity index (χ1n) is 7.92. The summed E-state index contributed by atoms with van der Waals surface area (Å²) in [6.45, 7) is 5.93. The maximum absolute atomic E-state index is 13.0. The molecule has 1 fully saturated rings. The lowest BCUT2D eigenvalue weighted by molar-refractivity contribution is -0.150. The zero-order valence-corrected chi connectivity index (χ0v) is 14.6. The van der Waals surface area contributed by atoms with E-state index in [0.717, 1.165) is 18.4 Å². The molecule has 2 rings (SSSR count). The van der Waals surface area contributed by atoms with Crippen LogP contribution in [0, 0.1) is 11.2 Å². The highest BCUT2D eigenvalue weighted by atomic mass is 35.5. The van der Waals surface area contributed by atoms with Crippen LogP contribution in [0.4, 0.5) is 4.39 Å². The SMILES string of the molecule is CCC(CC)(CN)C(=O)N1CCOC(c2ccc(F)cc2)C1.Cl. The van der Waals surface area contributed by atoms with Gasteiger partial charge < -0.3 is 15.4 Å². The number of carbonyl (C=O) groups excluding carboxylic acids is 1. The summed E-state index contributed by atoms with van der Waals surface area (Å²) < 4.78 is 18.8. The summed E-state index contributed by atoms with van der Waals surface area (Å²) in [7, 11) is 0. The third kappa shape index (κ3) is 4.22. The van der Waals surface area contributed by atoms with E-state index in [1.165, 1.54) is 12.1 Å². The number of halogens is 2. The van der Waals surface area contributed by atoms with Crippen LogP contribution in [0.3, 0.4) is 0 Å². The standard InChI is InChI=1S/C17H25FN2O2.ClH/c1-3-17(4-2,12-19)16(21)20-9-10-22-15(11-20)13-5-7-14(18)8-6-13;/h5-8,15H,3-4,9-12,19H2,1-2H3;1H. The van der Waals surface area contributed by atoms with Crippen molar-refractivity contribution in [1.82, 2.24) is 4.90 Å². The summed E-state index contributed by atoms with van der Waals surface area (Å²) in [4.78, 5) is 14.7. The minimum Gasteiger partial charge on any atom is -0.370 e. The first-order chi connectivity index (χ1) is 10.6. The summed E-state index contributed by atoms with van der Waals surface area (Å²) in [5, 5.41) is 0. The van der Waals surface area contributed by atoms with Crippen molar-refractivity contribution in [3.63, 3.8) is 0 Å². The van der Waals surface area contributed by atoms with E-state index in [2.05, 4.69) is 0 Å². The molecule has 2 N–H and O–H groups in total. The van der Waals surface area contributed by atoms with Gasteiger partial charge in [0.1, 0.15) is 11.9 Å². The first-order valence-corrected chi connectivity index (χ1v) is 7.92. The van der Waals surface area contributed by atoms with E-state index in [4.69, 9.17) is 10.5 Å². The summed E-state index contributed by atoms with van der Waals surface area (Å²) >= 11 is 0. The molecular weight excluding hydrogens is 319 g/mol. The Balaban J connectivity index is 0.00000264. The number of morpholine rings is 1. The van der Waals surface area contributed by atoms with Crippen LogP contribution in [0.5, 0.6) is 0 Å². The number of hydrogen-bond donors (Lipinski definition) is 1. The van der Waals surface area contributed by atoms with Crippen molar-refractivity contribution in [1.29, 1.82) is 0 Å². The van der Waals surface area contributed by atoms with Gasteiger partial charge in [0.15, 0.2) is 0 Å². The van der Waals surface area contributed by atoms with Crippen molar-refractivity contribution in [3.8, 4) is 0 Å². The van der Waals surface area contributed by atoms with Gasteiger partial charge in [0.05, 0.1) is 18.6 Å². The molecule has 0 spiro atoms. The molecule has 1 aromatic carbocycles. The smallest absolute Gasteiger partial charge is 0.230 e. The highest BCUT2D eigenvalue weighted by molar-refractivity contribution is 5.85. The summed E-state index contributed by atoms with van der Waals surface area (Å²) in [5.74, 6) is -0.165. The van der Waals surface area contributed by atoms with Gasteiger partial charge in [-0.15, -0.1) is 12.4 Å². The molecule has 0 bridgehead atoms. The Kier molecular flexibility index (Phi) is 7.45. The van der Waals surface area contributed by atoms with Gasteiger partial charge in [-0.1, -0.05) is 26.0 Å². The van der Waals surface area contributed by atoms with Gasteiger partial charge in [-0.25, -0.2) is 4.39 Å². The van der Waals surface area contributed by atoms with Crippen molar-refractivity contribution in [2.24, 2.45) is 11.1 Å². The molecule has 1 amide bonds. The Bertz CT molecular complexity index is 498. The minimum absolute atomic E-state index is 0. The Morgan fingerprint density at radius 3 is 2.48 bits per heavy atom. The third-order valence-electron chi connectivity index (χ3n) is 4.79. The maximum atomic E-state index is 13.0.